The highest BCUT2D eigenvalue weighted by Crippen LogP contribution is 2.24. The van der Waals surface area contributed by atoms with Crippen molar-refractivity contribution in [3.05, 3.63) is 70.9 Å². The van der Waals surface area contributed by atoms with Crippen LogP contribution in [-0.4, -0.2) is 15.0 Å². The van der Waals surface area contributed by atoms with Gasteiger partial charge in [-0.25, -0.2) is 4.68 Å². The summed E-state index contributed by atoms with van der Waals surface area (Å²) in [4.78, 5) is 0. The number of hydrogen-bond acceptors (Lipinski definition) is 3. The molecule has 2 aromatic carbocycles. The molecule has 0 saturated heterocycles. The van der Waals surface area contributed by atoms with E-state index < -0.39 is 0 Å². The van der Waals surface area contributed by atoms with Gasteiger partial charge in [0, 0.05) is 12.1 Å². The molecule has 0 aliphatic heterocycles. The van der Waals surface area contributed by atoms with E-state index >= 15 is 0 Å². The van der Waals surface area contributed by atoms with E-state index in [2.05, 4.69) is 66.6 Å². The van der Waals surface area contributed by atoms with Crippen molar-refractivity contribution in [2.24, 2.45) is 5.73 Å². The summed E-state index contributed by atoms with van der Waals surface area (Å²) in [6.45, 7) is 5.25. The van der Waals surface area contributed by atoms with Crippen LogP contribution < -0.4 is 5.73 Å². The van der Waals surface area contributed by atoms with Crippen LogP contribution in [0.2, 0.25) is 0 Å². The summed E-state index contributed by atoms with van der Waals surface area (Å²) in [6, 6.07) is 16.8. The Hall–Kier alpha value is -2.46. The molecule has 22 heavy (non-hydrogen) atoms. The van der Waals surface area contributed by atoms with E-state index in [1.54, 1.807) is 0 Å². The van der Waals surface area contributed by atoms with E-state index in [0.29, 0.717) is 13.1 Å². The van der Waals surface area contributed by atoms with Gasteiger partial charge in [-0.1, -0.05) is 58.8 Å². The van der Waals surface area contributed by atoms with Crippen LogP contribution in [0.1, 0.15) is 22.4 Å². The second-order valence-electron chi connectivity index (χ2n) is 5.60. The zero-order valence-electron chi connectivity index (χ0n) is 13.0. The summed E-state index contributed by atoms with van der Waals surface area (Å²) in [6.07, 6.45) is 0. The molecular formula is C18H20N4. The Kier molecular flexibility index (Phi) is 4.02. The smallest absolute Gasteiger partial charge is 0.104 e. The fourth-order valence-electron chi connectivity index (χ4n) is 2.57. The van der Waals surface area contributed by atoms with Crippen molar-refractivity contribution in [2.45, 2.75) is 26.9 Å². The summed E-state index contributed by atoms with van der Waals surface area (Å²) in [5.74, 6) is 0. The molecular weight excluding hydrogens is 272 g/mol. The predicted octanol–water partition coefficient (Wildman–Crippen LogP) is 3.07. The summed E-state index contributed by atoms with van der Waals surface area (Å²) in [7, 11) is 0. The fourth-order valence-corrected chi connectivity index (χ4v) is 2.57. The van der Waals surface area contributed by atoms with Crippen LogP contribution in [0.4, 0.5) is 0 Å². The van der Waals surface area contributed by atoms with Gasteiger partial charge in [-0.15, -0.1) is 5.10 Å². The quantitative estimate of drug-likeness (QED) is 0.804. The van der Waals surface area contributed by atoms with Crippen molar-refractivity contribution < 1.29 is 0 Å². The third-order valence-corrected chi connectivity index (χ3v) is 3.74. The van der Waals surface area contributed by atoms with Crippen molar-refractivity contribution >= 4 is 0 Å². The van der Waals surface area contributed by atoms with E-state index in [9.17, 15) is 0 Å². The van der Waals surface area contributed by atoms with Crippen LogP contribution in [-0.2, 0) is 13.1 Å². The number of nitrogens with two attached hydrogens (primary N) is 1. The molecule has 4 nitrogen and oxygen atoms in total. The lowest BCUT2D eigenvalue weighted by molar-refractivity contribution is 0.654. The predicted molar refractivity (Wildman–Crippen MR) is 88.4 cm³/mol. The number of aromatic nitrogens is 3. The minimum absolute atomic E-state index is 0.386. The van der Waals surface area contributed by atoms with Gasteiger partial charge in [0.05, 0.1) is 12.2 Å². The molecule has 0 bridgehead atoms. The molecule has 0 atom stereocenters. The lowest BCUT2D eigenvalue weighted by atomic mass is 10.1. The number of benzene rings is 2. The van der Waals surface area contributed by atoms with Gasteiger partial charge >= 0.3 is 0 Å². The van der Waals surface area contributed by atoms with Gasteiger partial charge in [0.25, 0.3) is 0 Å². The highest BCUT2D eigenvalue weighted by Gasteiger charge is 2.14. The molecule has 0 fully saturated rings. The highest BCUT2D eigenvalue weighted by molar-refractivity contribution is 5.62. The molecule has 112 valence electrons. The van der Waals surface area contributed by atoms with E-state index in [-0.39, 0.29) is 0 Å². The van der Waals surface area contributed by atoms with Crippen molar-refractivity contribution in [3.63, 3.8) is 0 Å². The van der Waals surface area contributed by atoms with Gasteiger partial charge < -0.3 is 5.73 Å². The maximum atomic E-state index is 5.84. The minimum Gasteiger partial charge on any atom is -0.325 e. The second kappa shape index (κ2) is 6.12. The van der Waals surface area contributed by atoms with Gasteiger partial charge in [-0.3, -0.25) is 0 Å². The first-order chi connectivity index (χ1) is 10.7. The zero-order chi connectivity index (χ0) is 15.5. The molecule has 0 spiro atoms. The van der Waals surface area contributed by atoms with Gasteiger partial charge in [0.15, 0.2) is 0 Å². The summed E-state index contributed by atoms with van der Waals surface area (Å²) >= 11 is 0. The Morgan fingerprint density at radius 2 is 1.77 bits per heavy atom. The standard InChI is InChI=1S/C18H20N4/c1-13-6-8-15(9-7-13)12-22-18(17(11-19)20-21-22)16-5-3-4-14(2)10-16/h3-10H,11-12,19H2,1-2H3. The maximum absolute atomic E-state index is 5.84. The molecule has 0 aliphatic rings. The summed E-state index contributed by atoms with van der Waals surface area (Å²) in [5, 5.41) is 8.54. The van der Waals surface area contributed by atoms with E-state index in [1.165, 1.54) is 16.7 Å². The van der Waals surface area contributed by atoms with Crippen LogP contribution in [0.25, 0.3) is 11.3 Å². The van der Waals surface area contributed by atoms with Crippen LogP contribution in [0, 0.1) is 13.8 Å². The highest BCUT2D eigenvalue weighted by atomic mass is 15.4. The van der Waals surface area contributed by atoms with Crippen molar-refractivity contribution in [1.29, 1.82) is 0 Å². The molecule has 0 radical (unpaired) electrons. The average molecular weight is 292 g/mol. The summed E-state index contributed by atoms with van der Waals surface area (Å²) in [5.41, 5.74) is 12.5. The van der Waals surface area contributed by atoms with Crippen LogP contribution in [0.15, 0.2) is 48.5 Å². The Morgan fingerprint density at radius 3 is 2.45 bits per heavy atom. The zero-order valence-corrected chi connectivity index (χ0v) is 13.0. The molecule has 4 heteroatoms. The molecule has 0 amide bonds. The van der Waals surface area contributed by atoms with Crippen molar-refractivity contribution in [3.8, 4) is 11.3 Å². The Bertz CT molecular complexity index is 772. The average Bonchev–Trinajstić information content (AvgIpc) is 2.92. The SMILES string of the molecule is Cc1ccc(Cn2nnc(CN)c2-c2cccc(C)c2)cc1. The maximum Gasteiger partial charge on any atom is 0.104 e. The first-order valence-corrected chi connectivity index (χ1v) is 7.42. The van der Waals surface area contributed by atoms with Gasteiger partial charge in [-0.2, -0.15) is 0 Å². The molecule has 1 aromatic heterocycles. The third-order valence-electron chi connectivity index (χ3n) is 3.74. The first-order valence-electron chi connectivity index (χ1n) is 7.42. The lowest BCUT2D eigenvalue weighted by Crippen LogP contribution is -2.06. The minimum atomic E-state index is 0.386. The van der Waals surface area contributed by atoms with Gasteiger partial charge in [-0.05, 0) is 25.5 Å². The van der Waals surface area contributed by atoms with Crippen molar-refractivity contribution in [2.75, 3.05) is 0 Å². The summed E-state index contributed by atoms with van der Waals surface area (Å²) < 4.78 is 1.93. The topological polar surface area (TPSA) is 56.7 Å². The molecule has 2 N–H and O–H groups in total. The molecule has 0 aliphatic carbocycles. The van der Waals surface area contributed by atoms with Gasteiger partial charge in [0.2, 0.25) is 0 Å². The monoisotopic (exact) mass is 292 g/mol. The normalized spacial score (nSPS) is 10.9. The second-order valence-corrected chi connectivity index (χ2v) is 5.60. The molecule has 3 aromatic rings. The largest absolute Gasteiger partial charge is 0.325 e. The van der Waals surface area contributed by atoms with Gasteiger partial charge in [0.1, 0.15) is 5.69 Å². The van der Waals surface area contributed by atoms with Crippen LogP contribution in [0.5, 0.6) is 0 Å². The number of nitrogens with zero attached hydrogens (tertiary/aromatic N) is 3. The van der Waals surface area contributed by atoms with Crippen molar-refractivity contribution in [1.82, 2.24) is 15.0 Å². The molecule has 3 rings (SSSR count). The van der Waals surface area contributed by atoms with E-state index in [0.717, 1.165) is 17.0 Å². The lowest BCUT2D eigenvalue weighted by Gasteiger charge is -2.09. The molecule has 0 unspecified atom stereocenters. The Balaban J connectivity index is 2.02. The van der Waals surface area contributed by atoms with Crippen LogP contribution in [0.3, 0.4) is 0 Å². The molecule has 1 heterocycles. The number of rotatable bonds is 4. The van der Waals surface area contributed by atoms with E-state index in [1.807, 2.05) is 10.7 Å². The Labute approximate surface area is 130 Å². The molecule has 0 saturated carbocycles. The third kappa shape index (κ3) is 2.92. The number of aryl methyl sites for hydroxylation is 2. The number of hydrogen-bond donors (Lipinski definition) is 1. The fraction of sp³-hybridized carbons (Fsp3) is 0.222. The Morgan fingerprint density at radius 1 is 1.00 bits per heavy atom. The van der Waals surface area contributed by atoms with E-state index in [4.69, 9.17) is 5.73 Å². The first kappa shape index (κ1) is 14.5. The van der Waals surface area contributed by atoms with Crippen LogP contribution >= 0.6 is 0 Å².